The molecule has 140 valence electrons. The lowest BCUT2D eigenvalue weighted by Gasteiger charge is -2.13. The fourth-order valence-corrected chi connectivity index (χ4v) is 3.58. The molecule has 0 aliphatic heterocycles. The third-order valence-corrected chi connectivity index (χ3v) is 5.28. The Balaban J connectivity index is 1.48. The number of hydrogen-bond donors (Lipinski definition) is 1. The fraction of sp³-hybridized carbons (Fsp3) is 0.286. The van der Waals surface area contributed by atoms with Crippen molar-refractivity contribution in [2.75, 3.05) is 5.32 Å². The van der Waals surface area contributed by atoms with Crippen LogP contribution in [-0.2, 0) is 27.2 Å². The van der Waals surface area contributed by atoms with Crippen molar-refractivity contribution in [1.82, 2.24) is 4.98 Å². The second kappa shape index (κ2) is 8.77. The monoisotopic (exact) mass is 382 g/mol. The molecule has 0 radical (unpaired) electrons. The van der Waals surface area contributed by atoms with E-state index in [1.54, 1.807) is 18.3 Å². The van der Waals surface area contributed by atoms with Crippen LogP contribution in [0.4, 0.5) is 5.69 Å². The normalized spacial score (nSPS) is 11.9. The number of hydrogen-bond acceptors (Lipinski definition) is 5. The zero-order chi connectivity index (χ0) is 19.2. The summed E-state index contributed by atoms with van der Waals surface area (Å²) in [6.45, 7) is 3.65. The molecule has 0 aliphatic carbocycles. The minimum absolute atomic E-state index is 0.197. The largest absolute Gasteiger partial charge is 0.453 e. The van der Waals surface area contributed by atoms with Gasteiger partial charge in [-0.1, -0.05) is 31.2 Å². The summed E-state index contributed by atoms with van der Waals surface area (Å²) in [4.78, 5) is 28.8. The lowest BCUT2D eigenvalue weighted by molar-refractivity contribution is -0.153. The van der Waals surface area contributed by atoms with E-state index in [-0.39, 0.29) is 12.3 Å². The van der Waals surface area contributed by atoms with Crippen molar-refractivity contribution in [3.8, 4) is 0 Å². The van der Waals surface area contributed by atoms with Crippen LogP contribution in [0.1, 0.15) is 30.8 Å². The Morgan fingerprint density at radius 3 is 2.59 bits per heavy atom. The maximum absolute atomic E-state index is 12.2. The number of carbonyl (C=O) groups is 2. The number of esters is 1. The lowest BCUT2D eigenvalue weighted by Crippen LogP contribution is -2.30. The molecule has 0 saturated carbocycles. The Morgan fingerprint density at radius 1 is 1.15 bits per heavy atom. The van der Waals surface area contributed by atoms with Gasteiger partial charge in [-0.3, -0.25) is 9.59 Å². The van der Waals surface area contributed by atoms with E-state index in [9.17, 15) is 9.59 Å². The van der Waals surface area contributed by atoms with Gasteiger partial charge in [-0.2, -0.15) is 0 Å². The maximum atomic E-state index is 12.2. The summed E-state index contributed by atoms with van der Waals surface area (Å²) >= 11 is 1.57. The molecule has 3 rings (SSSR count). The Kier molecular flexibility index (Phi) is 6.19. The number of ether oxygens (including phenoxy) is 1. The van der Waals surface area contributed by atoms with Gasteiger partial charge < -0.3 is 10.1 Å². The molecule has 0 fully saturated rings. The molecule has 6 heteroatoms. The number of fused-ring (bicyclic) bond motifs is 1. The van der Waals surface area contributed by atoms with Gasteiger partial charge in [-0.05, 0) is 43.2 Å². The third kappa shape index (κ3) is 5.14. The van der Waals surface area contributed by atoms with Gasteiger partial charge in [0.2, 0.25) is 0 Å². The van der Waals surface area contributed by atoms with Crippen LogP contribution in [0.5, 0.6) is 0 Å². The number of para-hydroxylation sites is 1. The van der Waals surface area contributed by atoms with Crippen LogP contribution >= 0.6 is 11.3 Å². The zero-order valence-electron chi connectivity index (χ0n) is 15.4. The van der Waals surface area contributed by atoms with Crippen molar-refractivity contribution in [3.63, 3.8) is 0 Å². The summed E-state index contributed by atoms with van der Waals surface area (Å²) in [5.41, 5.74) is 2.82. The van der Waals surface area contributed by atoms with E-state index in [2.05, 4.69) is 17.2 Å². The summed E-state index contributed by atoms with van der Waals surface area (Å²) in [5, 5.41) is 3.65. The first-order valence-electron chi connectivity index (χ1n) is 8.99. The van der Waals surface area contributed by atoms with Crippen molar-refractivity contribution < 1.29 is 14.3 Å². The van der Waals surface area contributed by atoms with Crippen LogP contribution in [0.25, 0.3) is 10.2 Å². The molecule has 0 saturated heterocycles. The van der Waals surface area contributed by atoms with E-state index in [4.69, 9.17) is 4.74 Å². The van der Waals surface area contributed by atoms with Gasteiger partial charge in [0.25, 0.3) is 5.91 Å². The molecular weight excluding hydrogens is 360 g/mol. The van der Waals surface area contributed by atoms with Gasteiger partial charge in [0.05, 0.1) is 21.6 Å². The standard InChI is InChI=1S/C21H22N2O3S/c1-3-15-8-10-16(11-9-15)22-21(25)14(2)26-20(24)13-12-19-23-17-6-4-5-7-18(17)27-19/h4-11,14H,3,12-13H2,1-2H3,(H,22,25). The van der Waals surface area contributed by atoms with E-state index >= 15 is 0 Å². The highest BCUT2D eigenvalue weighted by Crippen LogP contribution is 2.22. The summed E-state index contributed by atoms with van der Waals surface area (Å²) in [6, 6.07) is 15.5. The van der Waals surface area contributed by atoms with Crippen molar-refractivity contribution in [2.24, 2.45) is 0 Å². The Bertz CT molecular complexity index is 901. The third-order valence-electron chi connectivity index (χ3n) is 4.19. The molecular formula is C21H22N2O3S. The average molecular weight is 382 g/mol. The van der Waals surface area contributed by atoms with Crippen molar-refractivity contribution in [1.29, 1.82) is 0 Å². The van der Waals surface area contributed by atoms with Gasteiger partial charge in [-0.25, -0.2) is 4.98 Å². The highest BCUT2D eigenvalue weighted by molar-refractivity contribution is 7.18. The van der Waals surface area contributed by atoms with E-state index in [1.165, 1.54) is 5.56 Å². The molecule has 0 aliphatic rings. The smallest absolute Gasteiger partial charge is 0.306 e. The number of aryl methyl sites for hydroxylation is 2. The van der Waals surface area contributed by atoms with Crippen LogP contribution in [0.3, 0.4) is 0 Å². The van der Waals surface area contributed by atoms with E-state index in [0.29, 0.717) is 12.1 Å². The quantitative estimate of drug-likeness (QED) is 0.617. The van der Waals surface area contributed by atoms with Crippen molar-refractivity contribution >= 4 is 39.1 Å². The molecule has 2 aromatic carbocycles. The predicted octanol–water partition coefficient (Wildman–Crippen LogP) is 4.36. The Hall–Kier alpha value is -2.73. The van der Waals surface area contributed by atoms with Crippen molar-refractivity contribution in [3.05, 3.63) is 59.1 Å². The number of benzene rings is 2. The first-order chi connectivity index (χ1) is 13.0. The van der Waals surface area contributed by atoms with Crippen LogP contribution < -0.4 is 5.32 Å². The Labute approximate surface area is 162 Å². The summed E-state index contributed by atoms with van der Waals surface area (Å²) in [7, 11) is 0. The van der Waals surface area contributed by atoms with Gasteiger partial charge in [0.15, 0.2) is 6.10 Å². The number of rotatable bonds is 7. The van der Waals surface area contributed by atoms with Crippen LogP contribution in [-0.4, -0.2) is 23.0 Å². The first kappa shape index (κ1) is 19.0. The van der Waals surface area contributed by atoms with E-state index < -0.39 is 12.1 Å². The van der Waals surface area contributed by atoms with Crippen LogP contribution in [0, 0.1) is 0 Å². The zero-order valence-corrected chi connectivity index (χ0v) is 16.2. The number of nitrogens with zero attached hydrogens (tertiary/aromatic N) is 1. The molecule has 0 spiro atoms. The number of aromatic nitrogens is 1. The molecule has 1 N–H and O–H groups in total. The lowest BCUT2D eigenvalue weighted by atomic mass is 10.1. The number of amides is 1. The first-order valence-corrected chi connectivity index (χ1v) is 9.80. The van der Waals surface area contributed by atoms with Crippen LogP contribution in [0.2, 0.25) is 0 Å². The minimum atomic E-state index is -0.848. The maximum Gasteiger partial charge on any atom is 0.306 e. The SMILES string of the molecule is CCc1ccc(NC(=O)C(C)OC(=O)CCc2nc3ccccc3s2)cc1. The molecule has 27 heavy (non-hydrogen) atoms. The average Bonchev–Trinajstić information content (AvgIpc) is 3.10. The second-order valence-electron chi connectivity index (χ2n) is 6.25. The summed E-state index contributed by atoms with van der Waals surface area (Å²) in [6.07, 6.45) is 0.795. The molecule has 1 amide bonds. The highest BCUT2D eigenvalue weighted by atomic mass is 32.1. The number of thiazole rings is 1. The topological polar surface area (TPSA) is 68.3 Å². The molecule has 5 nitrogen and oxygen atoms in total. The fourth-order valence-electron chi connectivity index (χ4n) is 2.61. The van der Waals surface area contributed by atoms with Gasteiger partial charge >= 0.3 is 5.97 Å². The number of nitrogens with one attached hydrogen (secondary N) is 1. The molecule has 1 aromatic heterocycles. The predicted molar refractivity (Wildman–Crippen MR) is 108 cm³/mol. The minimum Gasteiger partial charge on any atom is -0.453 e. The second-order valence-corrected chi connectivity index (χ2v) is 7.36. The molecule has 1 heterocycles. The molecule has 1 atom stereocenters. The Morgan fingerprint density at radius 2 is 1.89 bits per heavy atom. The summed E-state index contributed by atoms with van der Waals surface area (Å²) in [5.74, 6) is -0.745. The van der Waals surface area contributed by atoms with Gasteiger partial charge in [0.1, 0.15) is 0 Å². The van der Waals surface area contributed by atoms with Crippen molar-refractivity contribution in [2.45, 2.75) is 39.2 Å². The van der Waals surface area contributed by atoms with Gasteiger partial charge in [-0.15, -0.1) is 11.3 Å². The van der Waals surface area contributed by atoms with Crippen LogP contribution in [0.15, 0.2) is 48.5 Å². The van der Waals surface area contributed by atoms with E-state index in [1.807, 2.05) is 48.5 Å². The molecule has 1 unspecified atom stereocenters. The highest BCUT2D eigenvalue weighted by Gasteiger charge is 2.18. The van der Waals surface area contributed by atoms with E-state index in [0.717, 1.165) is 21.6 Å². The molecule has 3 aromatic rings. The molecule has 0 bridgehead atoms. The number of anilines is 1. The number of carbonyl (C=O) groups excluding carboxylic acids is 2. The van der Waals surface area contributed by atoms with Gasteiger partial charge in [0, 0.05) is 12.1 Å². The summed E-state index contributed by atoms with van der Waals surface area (Å²) < 4.78 is 6.35.